The number of rotatable bonds is 1. The van der Waals surface area contributed by atoms with Crippen molar-refractivity contribution in [2.45, 2.75) is 45.6 Å². The summed E-state index contributed by atoms with van der Waals surface area (Å²) in [5.74, 6) is 1.20. The zero-order valence-electron chi connectivity index (χ0n) is 14.3. The molecule has 1 heterocycles. The van der Waals surface area contributed by atoms with E-state index in [4.69, 9.17) is 0 Å². The van der Waals surface area contributed by atoms with Crippen molar-refractivity contribution < 1.29 is 0 Å². The second-order valence-corrected chi connectivity index (χ2v) is 7.27. The molecule has 4 rings (SSSR count). The second-order valence-electron chi connectivity index (χ2n) is 7.27. The highest BCUT2D eigenvalue weighted by molar-refractivity contribution is 5.60. The summed E-state index contributed by atoms with van der Waals surface area (Å²) in [7, 11) is 0. The molecule has 1 N–H and O–H groups in total. The summed E-state index contributed by atoms with van der Waals surface area (Å²) in [5, 5.41) is 3.87. The molecule has 0 saturated carbocycles. The van der Waals surface area contributed by atoms with Gasteiger partial charge in [-0.05, 0) is 62.3 Å². The van der Waals surface area contributed by atoms with Crippen LogP contribution in [-0.4, -0.2) is 0 Å². The van der Waals surface area contributed by atoms with Crippen LogP contribution in [0.15, 0.2) is 48.6 Å². The van der Waals surface area contributed by atoms with Gasteiger partial charge in [-0.15, -0.1) is 0 Å². The fourth-order valence-corrected chi connectivity index (χ4v) is 4.41. The summed E-state index contributed by atoms with van der Waals surface area (Å²) in [6.45, 7) is 6.62. The Morgan fingerprint density at radius 1 is 0.913 bits per heavy atom. The van der Waals surface area contributed by atoms with Crippen molar-refractivity contribution in [3.8, 4) is 0 Å². The van der Waals surface area contributed by atoms with Crippen LogP contribution in [0.3, 0.4) is 0 Å². The second kappa shape index (κ2) is 5.56. The number of allylic oxidation sites excluding steroid dienone is 2. The van der Waals surface area contributed by atoms with E-state index in [9.17, 15) is 0 Å². The van der Waals surface area contributed by atoms with Gasteiger partial charge in [0.05, 0.1) is 6.04 Å². The Morgan fingerprint density at radius 3 is 2.52 bits per heavy atom. The predicted octanol–water partition coefficient (Wildman–Crippen LogP) is 5.83. The zero-order valence-corrected chi connectivity index (χ0v) is 14.3. The number of aryl methyl sites for hydroxylation is 3. The highest BCUT2D eigenvalue weighted by atomic mass is 15.0. The minimum atomic E-state index is 0.417. The van der Waals surface area contributed by atoms with Gasteiger partial charge in [-0.2, -0.15) is 0 Å². The summed E-state index contributed by atoms with van der Waals surface area (Å²) >= 11 is 0. The van der Waals surface area contributed by atoms with Crippen molar-refractivity contribution in [3.05, 3.63) is 76.4 Å². The number of hydrogen-bond donors (Lipinski definition) is 1. The molecule has 0 saturated heterocycles. The fourth-order valence-electron chi connectivity index (χ4n) is 4.41. The van der Waals surface area contributed by atoms with E-state index in [1.54, 1.807) is 0 Å². The first-order chi connectivity index (χ1) is 11.1. The van der Waals surface area contributed by atoms with Gasteiger partial charge in [0.2, 0.25) is 0 Å². The van der Waals surface area contributed by atoms with Gasteiger partial charge in [0, 0.05) is 11.6 Å². The first-order valence-electron chi connectivity index (χ1n) is 8.74. The Bertz CT molecular complexity index is 772. The molecular formula is C22H25N. The largest absolute Gasteiger partial charge is 0.378 e. The minimum Gasteiger partial charge on any atom is -0.378 e. The average molecular weight is 303 g/mol. The number of anilines is 1. The van der Waals surface area contributed by atoms with Crippen LogP contribution >= 0.6 is 0 Å². The molecule has 1 nitrogen and oxygen atoms in total. The summed E-state index contributed by atoms with van der Waals surface area (Å²) in [6, 6.07) is 14.2. The standard InChI is InChI=1S/C22H25N/c1-14-8-10-17(16(3)12-14)22-19-7-5-4-6-18(19)20-13-15(2)9-11-21(20)23-22/h4,6,8-13,18-19,22-23H,5,7H2,1-3H3/t18?,19?,22-/m1/s1. The Kier molecular flexibility index (Phi) is 3.52. The molecule has 0 aromatic heterocycles. The van der Waals surface area contributed by atoms with E-state index in [1.807, 2.05) is 0 Å². The van der Waals surface area contributed by atoms with Crippen molar-refractivity contribution >= 4 is 5.69 Å². The third-order valence-electron chi connectivity index (χ3n) is 5.54. The van der Waals surface area contributed by atoms with E-state index in [1.165, 1.54) is 46.3 Å². The Labute approximate surface area is 139 Å². The smallest absolute Gasteiger partial charge is 0.0553 e. The van der Waals surface area contributed by atoms with Gasteiger partial charge in [-0.1, -0.05) is 53.6 Å². The predicted molar refractivity (Wildman–Crippen MR) is 98.1 cm³/mol. The quantitative estimate of drug-likeness (QED) is 0.654. The highest BCUT2D eigenvalue weighted by Crippen LogP contribution is 2.49. The molecule has 2 aromatic rings. The van der Waals surface area contributed by atoms with Gasteiger partial charge < -0.3 is 5.32 Å². The van der Waals surface area contributed by atoms with Crippen LogP contribution in [-0.2, 0) is 0 Å². The lowest BCUT2D eigenvalue weighted by Crippen LogP contribution is -2.32. The zero-order chi connectivity index (χ0) is 16.0. The molecule has 2 unspecified atom stereocenters. The Morgan fingerprint density at radius 2 is 1.70 bits per heavy atom. The normalized spacial score (nSPS) is 25.4. The molecule has 0 spiro atoms. The lowest BCUT2D eigenvalue weighted by atomic mass is 9.70. The van der Waals surface area contributed by atoms with Gasteiger partial charge in [-0.3, -0.25) is 0 Å². The summed E-state index contributed by atoms with van der Waals surface area (Å²) in [6.07, 6.45) is 7.28. The molecule has 3 atom stereocenters. The maximum absolute atomic E-state index is 3.87. The molecule has 118 valence electrons. The van der Waals surface area contributed by atoms with Crippen molar-refractivity contribution in [2.24, 2.45) is 5.92 Å². The first kappa shape index (κ1) is 14.6. The van der Waals surface area contributed by atoms with Crippen LogP contribution in [0.25, 0.3) is 0 Å². The average Bonchev–Trinajstić information content (AvgIpc) is 2.55. The van der Waals surface area contributed by atoms with Gasteiger partial charge in [0.25, 0.3) is 0 Å². The Balaban J connectivity index is 1.83. The monoisotopic (exact) mass is 303 g/mol. The van der Waals surface area contributed by atoms with Crippen LogP contribution in [0, 0.1) is 26.7 Å². The van der Waals surface area contributed by atoms with Crippen LogP contribution < -0.4 is 5.32 Å². The number of fused-ring (bicyclic) bond motifs is 3. The maximum Gasteiger partial charge on any atom is 0.0553 e. The van der Waals surface area contributed by atoms with Crippen molar-refractivity contribution in [3.63, 3.8) is 0 Å². The first-order valence-corrected chi connectivity index (χ1v) is 8.74. The fraction of sp³-hybridized carbons (Fsp3) is 0.364. The summed E-state index contributed by atoms with van der Waals surface area (Å²) in [4.78, 5) is 0. The van der Waals surface area contributed by atoms with Crippen molar-refractivity contribution in [1.29, 1.82) is 0 Å². The van der Waals surface area contributed by atoms with E-state index in [0.717, 1.165) is 0 Å². The number of benzene rings is 2. The third kappa shape index (κ3) is 2.49. The molecule has 1 aliphatic heterocycles. The topological polar surface area (TPSA) is 12.0 Å². The van der Waals surface area contributed by atoms with Crippen LogP contribution in [0.5, 0.6) is 0 Å². The van der Waals surface area contributed by atoms with Crippen LogP contribution in [0.4, 0.5) is 5.69 Å². The molecule has 2 aliphatic rings. The van der Waals surface area contributed by atoms with E-state index < -0.39 is 0 Å². The van der Waals surface area contributed by atoms with Gasteiger partial charge in [0.15, 0.2) is 0 Å². The highest BCUT2D eigenvalue weighted by Gasteiger charge is 2.37. The number of nitrogens with one attached hydrogen (secondary N) is 1. The lowest BCUT2D eigenvalue weighted by Gasteiger charge is -2.42. The van der Waals surface area contributed by atoms with Crippen molar-refractivity contribution in [1.82, 2.24) is 0 Å². The Hall–Kier alpha value is -2.02. The SMILES string of the molecule is Cc1ccc([C@H]2Nc3ccc(C)cc3C3C=CCCC32)c(C)c1. The molecular weight excluding hydrogens is 278 g/mol. The molecule has 2 aromatic carbocycles. The summed E-state index contributed by atoms with van der Waals surface area (Å²) < 4.78 is 0. The molecule has 0 bridgehead atoms. The molecule has 1 aliphatic carbocycles. The van der Waals surface area contributed by atoms with Gasteiger partial charge in [0.1, 0.15) is 0 Å². The molecule has 0 fully saturated rings. The third-order valence-corrected chi connectivity index (χ3v) is 5.54. The van der Waals surface area contributed by atoms with Crippen molar-refractivity contribution in [2.75, 3.05) is 5.32 Å². The van der Waals surface area contributed by atoms with E-state index in [-0.39, 0.29) is 0 Å². The van der Waals surface area contributed by atoms with E-state index in [0.29, 0.717) is 17.9 Å². The minimum absolute atomic E-state index is 0.417. The molecule has 23 heavy (non-hydrogen) atoms. The van der Waals surface area contributed by atoms with Gasteiger partial charge >= 0.3 is 0 Å². The van der Waals surface area contributed by atoms with Gasteiger partial charge in [-0.25, -0.2) is 0 Å². The summed E-state index contributed by atoms with van der Waals surface area (Å²) in [5.41, 5.74) is 8.37. The number of hydrogen-bond acceptors (Lipinski definition) is 1. The maximum atomic E-state index is 3.87. The molecule has 1 heteroatoms. The van der Waals surface area contributed by atoms with Crippen LogP contribution in [0.2, 0.25) is 0 Å². The van der Waals surface area contributed by atoms with Crippen LogP contribution in [0.1, 0.15) is 52.6 Å². The molecule has 0 amide bonds. The van der Waals surface area contributed by atoms with E-state index >= 15 is 0 Å². The lowest BCUT2D eigenvalue weighted by molar-refractivity contribution is 0.362. The molecule has 0 radical (unpaired) electrons. The van der Waals surface area contributed by atoms with E-state index in [2.05, 4.69) is 74.6 Å².